The molecule has 0 atom stereocenters. The molecule has 0 unspecified atom stereocenters. The van der Waals surface area contributed by atoms with Gasteiger partial charge in [0, 0.05) is 17.3 Å². The summed E-state index contributed by atoms with van der Waals surface area (Å²) >= 11 is 0. The van der Waals surface area contributed by atoms with Crippen molar-refractivity contribution in [2.75, 3.05) is 5.73 Å². The van der Waals surface area contributed by atoms with Crippen molar-refractivity contribution < 1.29 is 4.79 Å². The fourth-order valence-electron chi connectivity index (χ4n) is 1.30. The summed E-state index contributed by atoms with van der Waals surface area (Å²) in [6.45, 7) is 0. The molecule has 0 fully saturated rings. The minimum Gasteiger partial charge on any atom is -0.384 e. The van der Waals surface area contributed by atoms with Gasteiger partial charge in [-0.15, -0.1) is 0 Å². The van der Waals surface area contributed by atoms with Crippen molar-refractivity contribution in [3.63, 3.8) is 0 Å². The molecular formula is C11H10N4O. The van der Waals surface area contributed by atoms with Gasteiger partial charge in [-0.1, -0.05) is 12.1 Å². The molecule has 80 valence electrons. The highest BCUT2D eigenvalue weighted by Crippen LogP contribution is 2.15. The van der Waals surface area contributed by atoms with Crippen LogP contribution in [0.3, 0.4) is 0 Å². The smallest absolute Gasteiger partial charge is 0.248 e. The maximum atomic E-state index is 10.9. The average Bonchev–Trinajstić information content (AvgIpc) is 2.29. The normalized spacial score (nSPS) is 10.0. The Morgan fingerprint density at radius 2 is 1.81 bits per heavy atom. The van der Waals surface area contributed by atoms with E-state index in [0.29, 0.717) is 17.2 Å². The molecule has 0 bridgehead atoms. The van der Waals surface area contributed by atoms with Gasteiger partial charge >= 0.3 is 0 Å². The number of anilines is 1. The van der Waals surface area contributed by atoms with Crippen molar-refractivity contribution in [3.05, 3.63) is 42.1 Å². The zero-order valence-corrected chi connectivity index (χ0v) is 8.42. The van der Waals surface area contributed by atoms with Gasteiger partial charge in [-0.2, -0.15) is 0 Å². The molecule has 1 aromatic heterocycles. The Kier molecular flexibility index (Phi) is 2.51. The summed E-state index contributed by atoms with van der Waals surface area (Å²) in [4.78, 5) is 19.0. The maximum absolute atomic E-state index is 10.9. The van der Waals surface area contributed by atoms with Gasteiger partial charge in [-0.25, -0.2) is 9.97 Å². The molecule has 0 spiro atoms. The van der Waals surface area contributed by atoms with Gasteiger partial charge in [-0.3, -0.25) is 4.79 Å². The van der Waals surface area contributed by atoms with E-state index < -0.39 is 5.91 Å². The van der Waals surface area contributed by atoms with E-state index in [1.807, 2.05) is 0 Å². The first-order chi connectivity index (χ1) is 7.66. The molecule has 0 aliphatic rings. The number of amides is 1. The molecule has 0 saturated carbocycles. The zero-order chi connectivity index (χ0) is 11.5. The minimum atomic E-state index is -0.458. The molecule has 0 aliphatic heterocycles. The van der Waals surface area contributed by atoms with Crippen molar-refractivity contribution in [1.82, 2.24) is 9.97 Å². The predicted molar refractivity (Wildman–Crippen MR) is 60.4 cm³/mol. The van der Waals surface area contributed by atoms with Crippen LogP contribution < -0.4 is 11.5 Å². The van der Waals surface area contributed by atoms with Crippen molar-refractivity contribution in [2.45, 2.75) is 0 Å². The summed E-state index contributed by atoms with van der Waals surface area (Å²) in [5.74, 6) is 0.472. The van der Waals surface area contributed by atoms with Crippen LogP contribution in [0, 0.1) is 0 Å². The fraction of sp³-hybridized carbons (Fsp3) is 0. The molecule has 2 aromatic rings. The third-order valence-corrected chi connectivity index (χ3v) is 2.10. The van der Waals surface area contributed by atoms with Crippen molar-refractivity contribution in [3.8, 4) is 11.4 Å². The SMILES string of the molecule is NC(=O)c1ccc(-c2nccc(N)n2)cc1. The Labute approximate surface area is 92.1 Å². The lowest BCUT2D eigenvalue weighted by Gasteiger charge is -2.01. The number of nitrogen functional groups attached to an aromatic ring is 1. The summed E-state index contributed by atoms with van der Waals surface area (Å²) < 4.78 is 0. The van der Waals surface area contributed by atoms with Gasteiger partial charge in [0.2, 0.25) is 5.91 Å². The lowest BCUT2D eigenvalue weighted by Crippen LogP contribution is -2.10. The second-order valence-corrected chi connectivity index (χ2v) is 3.25. The number of hydrogen-bond acceptors (Lipinski definition) is 4. The van der Waals surface area contributed by atoms with Gasteiger partial charge < -0.3 is 11.5 Å². The number of carbonyl (C=O) groups excluding carboxylic acids is 1. The quantitative estimate of drug-likeness (QED) is 0.773. The van der Waals surface area contributed by atoms with Crippen molar-refractivity contribution >= 4 is 11.7 Å². The van der Waals surface area contributed by atoms with Crippen molar-refractivity contribution in [2.24, 2.45) is 5.73 Å². The van der Waals surface area contributed by atoms with Crippen LogP contribution in [0.4, 0.5) is 5.82 Å². The zero-order valence-electron chi connectivity index (χ0n) is 8.42. The highest BCUT2D eigenvalue weighted by molar-refractivity contribution is 5.93. The number of carbonyl (C=O) groups is 1. The molecule has 1 amide bonds. The van der Waals surface area contributed by atoms with Crippen LogP contribution in [-0.2, 0) is 0 Å². The molecule has 16 heavy (non-hydrogen) atoms. The van der Waals surface area contributed by atoms with Gasteiger partial charge in [0.05, 0.1) is 0 Å². The summed E-state index contributed by atoms with van der Waals surface area (Å²) in [7, 11) is 0. The van der Waals surface area contributed by atoms with Crippen LogP contribution in [-0.4, -0.2) is 15.9 Å². The molecular weight excluding hydrogens is 204 g/mol. The van der Waals surface area contributed by atoms with E-state index in [-0.39, 0.29) is 0 Å². The number of aromatic nitrogens is 2. The lowest BCUT2D eigenvalue weighted by atomic mass is 10.1. The third kappa shape index (κ3) is 1.98. The van der Waals surface area contributed by atoms with Crippen LogP contribution in [0.5, 0.6) is 0 Å². The van der Waals surface area contributed by atoms with E-state index in [9.17, 15) is 4.79 Å². The maximum Gasteiger partial charge on any atom is 0.248 e. The molecule has 2 rings (SSSR count). The first-order valence-corrected chi connectivity index (χ1v) is 4.65. The highest BCUT2D eigenvalue weighted by atomic mass is 16.1. The first-order valence-electron chi connectivity index (χ1n) is 4.65. The molecule has 5 nitrogen and oxygen atoms in total. The molecule has 5 heteroatoms. The van der Waals surface area contributed by atoms with Gasteiger partial charge in [0.25, 0.3) is 0 Å². The number of primary amides is 1. The second-order valence-electron chi connectivity index (χ2n) is 3.25. The summed E-state index contributed by atoms with van der Waals surface area (Å²) in [6.07, 6.45) is 1.58. The summed E-state index contributed by atoms with van der Waals surface area (Å²) in [5, 5.41) is 0. The lowest BCUT2D eigenvalue weighted by molar-refractivity contribution is 0.100. The van der Waals surface area contributed by atoms with Crippen LogP contribution >= 0.6 is 0 Å². The number of nitrogens with zero attached hydrogens (tertiary/aromatic N) is 2. The topological polar surface area (TPSA) is 94.9 Å². The van der Waals surface area contributed by atoms with E-state index in [0.717, 1.165) is 5.56 Å². The van der Waals surface area contributed by atoms with E-state index >= 15 is 0 Å². The average molecular weight is 214 g/mol. The van der Waals surface area contributed by atoms with E-state index in [2.05, 4.69) is 9.97 Å². The van der Waals surface area contributed by atoms with Crippen LogP contribution in [0.25, 0.3) is 11.4 Å². The van der Waals surface area contributed by atoms with E-state index in [4.69, 9.17) is 11.5 Å². The number of benzene rings is 1. The molecule has 1 aromatic carbocycles. The number of rotatable bonds is 2. The Morgan fingerprint density at radius 1 is 1.12 bits per heavy atom. The molecule has 0 radical (unpaired) electrons. The number of hydrogen-bond donors (Lipinski definition) is 2. The second kappa shape index (κ2) is 3.98. The fourth-order valence-corrected chi connectivity index (χ4v) is 1.30. The minimum absolute atomic E-state index is 0.406. The first kappa shape index (κ1) is 10.1. The monoisotopic (exact) mass is 214 g/mol. The Morgan fingerprint density at radius 3 is 2.38 bits per heavy atom. The summed E-state index contributed by atoms with van der Waals surface area (Å²) in [5.41, 5.74) is 11.9. The molecule has 4 N–H and O–H groups in total. The van der Waals surface area contributed by atoms with Crippen LogP contribution in [0.15, 0.2) is 36.5 Å². The highest BCUT2D eigenvalue weighted by Gasteiger charge is 2.03. The van der Waals surface area contributed by atoms with Crippen LogP contribution in [0.2, 0.25) is 0 Å². The van der Waals surface area contributed by atoms with E-state index in [1.165, 1.54) is 0 Å². The molecule has 0 saturated heterocycles. The molecule has 0 aliphatic carbocycles. The van der Waals surface area contributed by atoms with Crippen molar-refractivity contribution in [1.29, 1.82) is 0 Å². The van der Waals surface area contributed by atoms with E-state index in [1.54, 1.807) is 36.5 Å². The Hall–Kier alpha value is -2.43. The predicted octanol–water partition coefficient (Wildman–Crippen LogP) is 0.825. The van der Waals surface area contributed by atoms with Crippen LogP contribution in [0.1, 0.15) is 10.4 Å². The van der Waals surface area contributed by atoms with Gasteiger partial charge in [0.1, 0.15) is 5.82 Å². The van der Waals surface area contributed by atoms with Gasteiger partial charge in [-0.05, 0) is 18.2 Å². The van der Waals surface area contributed by atoms with Gasteiger partial charge in [0.15, 0.2) is 5.82 Å². The summed E-state index contributed by atoms with van der Waals surface area (Å²) in [6, 6.07) is 8.33. The standard InChI is InChI=1S/C11H10N4O/c12-9-5-6-14-11(15-9)8-3-1-7(2-4-8)10(13)16/h1-6H,(H2,13,16)(H2,12,14,15). The molecule has 1 heterocycles. The Balaban J connectivity index is 2.38. The number of nitrogens with two attached hydrogens (primary N) is 2. The Bertz CT molecular complexity index is 522. The largest absolute Gasteiger partial charge is 0.384 e. The third-order valence-electron chi connectivity index (χ3n) is 2.10.